The van der Waals surface area contributed by atoms with Crippen LogP contribution in [0.25, 0.3) is 11.0 Å². The third kappa shape index (κ3) is 3.18. The molecular formula is C19H18BrN7O2. The first-order valence-corrected chi connectivity index (χ1v) is 10.1. The molecule has 0 spiro atoms. The largest absolute Gasteiger partial charge is 0.377 e. The summed E-state index contributed by atoms with van der Waals surface area (Å²) in [5, 5.41) is 4.00. The number of fused-ring (bicyclic) bond motifs is 2. The number of carbonyl (C=O) groups excluding carboxylic acids is 1. The van der Waals surface area contributed by atoms with Gasteiger partial charge in [0, 0.05) is 18.3 Å². The Bertz CT molecular complexity index is 1140. The number of carbonyl (C=O) groups is 1. The second-order valence-corrected chi connectivity index (χ2v) is 7.83. The van der Waals surface area contributed by atoms with Gasteiger partial charge in [-0.1, -0.05) is 0 Å². The van der Waals surface area contributed by atoms with Crippen LogP contribution in [0.1, 0.15) is 28.7 Å². The number of ether oxygens (including phenoxy) is 1. The summed E-state index contributed by atoms with van der Waals surface area (Å²) in [4.78, 5) is 35.4. The number of aliphatic imine (C=N–C) groups is 1. The Hall–Kier alpha value is -2.85. The number of hydrogen-bond donors (Lipinski definition) is 2. The maximum Gasteiger partial charge on any atom is 0.271 e. The Morgan fingerprint density at radius 3 is 3.14 bits per heavy atom. The molecule has 1 saturated heterocycles. The third-order valence-corrected chi connectivity index (χ3v) is 5.90. The zero-order valence-electron chi connectivity index (χ0n) is 15.6. The number of amides is 1. The molecule has 148 valence electrons. The lowest BCUT2D eigenvalue weighted by Gasteiger charge is -2.33. The summed E-state index contributed by atoms with van der Waals surface area (Å²) < 4.78 is 6.08. The monoisotopic (exact) mass is 455 g/mol. The number of rotatable bonds is 3. The van der Waals surface area contributed by atoms with E-state index in [-0.39, 0.29) is 11.9 Å². The number of nitrogens with zero attached hydrogens (tertiary/aromatic N) is 5. The second-order valence-electron chi connectivity index (χ2n) is 7.04. The number of anilines is 2. The van der Waals surface area contributed by atoms with Crippen molar-refractivity contribution in [1.29, 1.82) is 0 Å². The average Bonchev–Trinajstić information content (AvgIpc) is 3.32. The van der Waals surface area contributed by atoms with E-state index in [4.69, 9.17) is 4.74 Å². The maximum absolute atomic E-state index is 13.1. The van der Waals surface area contributed by atoms with Crippen LogP contribution in [0.3, 0.4) is 0 Å². The molecule has 1 fully saturated rings. The van der Waals surface area contributed by atoms with Gasteiger partial charge in [-0.3, -0.25) is 14.8 Å². The van der Waals surface area contributed by atoms with Crippen molar-refractivity contribution >= 4 is 50.6 Å². The van der Waals surface area contributed by atoms with Gasteiger partial charge >= 0.3 is 0 Å². The molecule has 29 heavy (non-hydrogen) atoms. The van der Waals surface area contributed by atoms with E-state index in [1.54, 1.807) is 6.20 Å². The van der Waals surface area contributed by atoms with Crippen molar-refractivity contribution < 1.29 is 9.53 Å². The normalized spacial score (nSPS) is 18.3. The third-order valence-electron chi connectivity index (χ3n) is 5.11. The highest BCUT2D eigenvalue weighted by atomic mass is 79.9. The quantitative estimate of drug-likeness (QED) is 0.628. The van der Waals surface area contributed by atoms with Gasteiger partial charge in [0.05, 0.1) is 53.2 Å². The van der Waals surface area contributed by atoms with Crippen molar-refractivity contribution in [3.05, 3.63) is 40.0 Å². The first-order valence-electron chi connectivity index (χ1n) is 9.28. The molecule has 0 aliphatic carbocycles. The molecule has 0 radical (unpaired) electrons. The molecule has 3 aromatic heterocycles. The van der Waals surface area contributed by atoms with E-state index in [0.717, 1.165) is 16.9 Å². The van der Waals surface area contributed by atoms with Gasteiger partial charge in [0.2, 0.25) is 0 Å². The molecular weight excluding hydrogens is 438 g/mol. The van der Waals surface area contributed by atoms with Gasteiger partial charge < -0.3 is 19.9 Å². The van der Waals surface area contributed by atoms with Gasteiger partial charge in [-0.2, -0.15) is 0 Å². The fraction of sp³-hybridized carbons (Fsp3) is 0.316. The van der Waals surface area contributed by atoms with Crippen molar-refractivity contribution in [2.24, 2.45) is 4.99 Å². The van der Waals surface area contributed by atoms with Gasteiger partial charge in [-0.15, -0.1) is 0 Å². The summed E-state index contributed by atoms with van der Waals surface area (Å²) >= 11 is 3.59. The molecule has 2 aliphatic heterocycles. The van der Waals surface area contributed by atoms with Crippen LogP contribution in [-0.4, -0.2) is 62.8 Å². The lowest BCUT2D eigenvalue weighted by atomic mass is 10.2. The number of hydrogen-bond acceptors (Lipinski definition) is 7. The molecule has 0 bridgehead atoms. The number of H-pyrrole nitrogens is 1. The van der Waals surface area contributed by atoms with E-state index in [0.29, 0.717) is 53.3 Å². The van der Waals surface area contributed by atoms with Crippen molar-refractivity contribution in [1.82, 2.24) is 24.8 Å². The highest BCUT2D eigenvalue weighted by Gasteiger charge is 2.29. The van der Waals surface area contributed by atoms with Crippen LogP contribution in [0.2, 0.25) is 0 Å². The van der Waals surface area contributed by atoms with Crippen LogP contribution in [0.15, 0.2) is 28.1 Å². The van der Waals surface area contributed by atoms with Crippen LogP contribution < -0.4 is 5.32 Å². The number of morpholine rings is 1. The summed E-state index contributed by atoms with van der Waals surface area (Å²) in [7, 11) is 0. The molecule has 2 N–H and O–H groups in total. The topological polar surface area (TPSA) is 108 Å². The summed E-state index contributed by atoms with van der Waals surface area (Å²) in [5.74, 6) is 0.496. The Labute approximate surface area is 174 Å². The van der Waals surface area contributed by atoms with E-state index < -0.39 is 0 Å². The van der Waals surface area contributed by atoms with Crippen LogP contribution in [0, 0.1) is 0 Å². The maximum atomic E-state index is 13.1. The molecule has 5 rings (SSSR count). The fourth-order valence-electron chi connectivity index (χ4n) is 3.59. The molecule has 0 aromatic carbocycles. The van der Waals surface area contributed by atoms with E-state index >= 15 is 0 Å². The zero-order chi connectivity index (χ0) is 20.0. The predicted molar refractivity (Wildman–Crippen MR) is 112 cm³/mol. The van der Waals surface area contributed by atoms with Crippen LogP contribution in [0.5, 0.6) is 0 Å². The molecule has 0 unspecified atom stereocenters. The molecule has 1 amide bonds. The molecule has 10 heteroatoms. The Kier molecular flexibility index (Phi) is 4.51. The van der Waals surface area contributed by atoms with Crippen LogP contribution in [0.4, 0.5) is 11.5 Å². The summed E-state index contributed by atoms with van der Waals surface area (Å²) in [6, 6.07) is 1.99. The standard InChI is InChI=1S/C19H18BrN7O2/c1-10-8-29-3-2-27(10)19(28)16-15(20)14-17(23-9-24-18(14)26-16)25-12-4-11-5-21-7-13(11)22-6-12/h4-6,9-10H,2-3,7-8H2,1H3,(H2,23,24,25,26)/t10-/m0/s1. The molecule has 0 saturated carbocycles. The minimum absolute atomic E-state index is 0.0115. The van der Waals surface area contributed by atoms with E-state index in [2.05, 4.69) is 46.2 Å². The van der Waals surface area contributed by atoms with Gasteiger partial charge in [0.15, 0.2) is 0 Å². The molecule has 1 atom stereocenters. The SMILES string of the molecule is C[C@H]1COCCN1C(=O)c1[nH]c2ncnc(Nc3cnc4c(c3)C=NC4)c2c1Br. The van der Waals surface area contributed by atoms with E-state index in [1.807, 2.05) is 24.1 Å². The summed E-state index contributed by atoms with van der Waals surface area (Å²) in [6.45, 7) is 4.22. The first-order chi connectivity index (χ1) is 14.1. The minimum atomic E-state index is -0.0907. The van der Waals surface area contributed by atoms with Crippen LogP contribution in [-0.2, 0) is 11.3 Å². The van der Waals surface area contributed by atoms with Crippen molar-refractivity contribution in [3.8, 4) is 0 Å². The summed E-state index contributed by atoms with van der Waals surface area (Å²) in [6.07, 6.45) is 5.03. The van der Waals surface area contributed by atoms with Crippen molar-refractivity contribution in [2.75, 3.05) is 25.1 Å². The lowest BCUT2D eigenvalue weighted by molar-refractivity contribution is 0.00327. The van der Waals surface area contributed by atoms with Gasteiger partial charge in [0.25, 0.3) is 5.91 Å². The first kappa shape index (κ1) is 18.2. The highest BCUT2D eigenvalue weighted by molar-refractivity contribution is 9.10. The van der Waals surface area contributed by atoms with Gasteiger partial charge in [0.1, 0.15) is 23.5 Å². The molecule has 5 heterocycles. The Balaban J connectivity index is 1.51. The van der Waals surface area contributed by atoms with Crippen molar-refractivity contribution in [3.63, 3.8) is 0 Å². The summed E-state index contributed by atoms with van der Waals surface area (Å²) in [5.41, 5.74) is 3.77. The molecule has 9 nitrogen and oxygen atoms in total. The number of aromatic nitrogens is 4. The number of pyridine rings is 1. The van der Waals surface area contributed by atoms with E-state index in [1.165, 1.54) is 6.33 Å². The lowest BCUT2D eigenvalue weighted by Crippen LogP contribution is -2.47. The predicted octanol–water partition coefficient (Wildman–Crippen LogP) is 2.65. The Morgan fingerprint density at radius 1 is 1.38 bits per heavy atom. The highest BCUT2D eigenvalue weighted by Crippen LogP contribution is 2.34. The smallest absolute Gasteiger partial charge is 0.271 e. The minimum Gasteiger partial charge on any atom is -0.377 e. The van der Waals surface area contributed by atoms with E-state index in [9.17, 15) is 4.79 Å². The average molecular weight is 456 g/mol. The molecule has 2 aliphatic rings. The van der Waals surface area contributed by atoms with Crippen LogP contribution >= 0.6 is 15.9 Å². The van der Waals surface area contributed by atoms with Gasteiger partial charge in [-0.05, 0) is 28.9 Å². The van der Waals surface area contributed by atoms with Crippen molar-refractivity contribution in [2.45, 2.75) is 19.5 Å². The number of nitrogens with one attached hydrogen (secondary N) is 2. The number of aromatic amines is 1. The molecule has 3 aromatic rings. The second kappa shape index (κ2) is 7.20. The fourth-order valence-corrected chi connectivity index (χ4v) is 4.23. The Morgan fingerprint density at radius 2 is 2.28 bits per heavy atom. The zero-order valence-corrected chi connectivity index (χ0v) is 17.2. The van der Waals surface area contributed by atoms with Gasteiger partial charge in [-0.25, -0.2) is 9.97 Å². The number of halogens is 1.